The molecule has 0 spiro atoms. The molecule has 2 heterocycles. The van der Waals surface area contributed by atoms with Crippen molar-refractivity contribution in [1.29, 1.82) is 5.26 Å². The fraction of sp³-hybridized carbons (Fsp3) is 0.294. The van der Waals surface area contributed by atoms with Gasteiger partial charge in [0.25, 0.3) is 0 Å². The van der Waals surface area contributed by atoms with Gasteiger partial charge in [-0.3, -0.25) is 9.78 Å². The summed E-state index contributed by atoms with van der Waals surface area (Å²) in [7, 11) is 0. The highest BCUT2D eigenvalue weighted by molar-refractivity contribution is 9.10. The van der Waals surface area contributed by atoms with Crippen LogP contribution in [0.4, 0.5) is 11.5 Å². The lowest BCUT2D eigenvalue weighted by molar-refractivity contribution is -0.120. The summed E-state index contributed by atoms with van der Waals surface area (Å²) in [5.74, 6) is 0.815. The van der Waals surface area contributed by atoms with Crippen molar-refractivity contribution in [3.63, 3.8) is 0 Å². The number of halogens is 1. The van der Waals surface area contributed by atoms with Crippen LogP contribution in [0.3, 0.4) is 0 Å². The van der Waals surface area contributed by atoms with Crippen LogP contribution in [-0.2, 0) is 4.79 Å². The van der Waals surface area contributed by atoms with E-state index in [1.807, 2.05) is 0 Å². The number of nitrogens with one attached hydrogen (secondary N) is 1. The van der Waals surface area contributed by atoms with E-state index in [1.54, 1.807) is 36.8 Å². The van der Waals surface area contributed by atoms with E-state index < -0.39 is 0 Å². The van der Waals surface area contributed by atoms with Crippen LogP contribution in [0, 0.1) is 17.2 Å². The lowest BCUT2D eigenvalue weighted by atomic mass is 9.96. The van der Waals surface area contributed by atoms with Crippen molar-refractivity contribution >= 4 is 33.3 Å². The molecule has 2 aromatic rings. The maximum Gasteiger partial charge on any atom is 0.227 e. The molecule has 0 atom stereocenters. The Morgan fingerprint density at radius 2 is 2.12 bits per heavy atom. The molecule has 1 aromatic heterocycles. The van der Waals surface area contributed by atoms with Gasteiger partial charge in [-0.15, -0.1) is 0 Å². The summed E-state index contributed by atoms with van der Waals surface area (Å²) in [5.41, 5.74) is 1.15. The van der Waals surface area contributed by atoms with E-state index in [0.29, 0.717) is 11.3 Å². The van der Waals surface area contributed by atoms with Crippen molar-refractivity contribution in [2.75, 3.05) is 23.3 Å². The quantitative estimate of drug-likeness (QED) is 0.877. The van der Waals surface area contributed by atoms with Crippen LogP contribution in [-0.4, -0.2) is 29.0 Å². The summed E-state index contributed by atoms with van der Waals surface area (Å²) in [6.45, 7) is 1.56. The number of benzene rings is 1. The molecule has 0 bridgehead atoms. The fourth-order valence-corrected chi connectivity index (χ4v) is 3.09. The molecule has 7 heteroatoms. The van der Waals surface area contributed by atoms with Crippen molar-refractivity contribution in [2.45, 2.75) is 12.8 Å². The highest BCUT2D eigenvalue weighted by Crippen LogP contribution is 2.24. The van der Waals surface area contributed by atoms with E-state index in [2.05, 4.69) is 42.2 Å². The van der Waals surface area contributed by atoms with Crippen molar-refractivity contribution in [3.05, 3.63) is 46.8 Å². The number of aromatic nitrogens is 2. The molecule has 1 aliphatic rings. The van der Waals surface area contributed by atoms with Crippen LogP contribution in [0.15, 0.2) is 41.3 Å². The summed E-state index contributed by atoms with van der Waals surface area (Å²) < 4.78 is 0.722. The van der Waals surface area contributed by atoms with Gasteiger partial charge in [-0.25, -0.2) is 4.98 Å². The zero-order valence-corrected chi connectivity index (χ0v) is 14.5. The molecule has 1 amide bonds. The number of piperidine rings is 1. The first-order valence-corrected chi connectivity index (χ1v) is 8.48. The number of amides is 1. The number of carbonyl (C=O) groups excluding carboxylic acids is 1. The van der Waals surface area contributed by atoms with E-state index in [9.17, 15) is 4.79 Å². The van der Waals surface area contributed by atoms with Gasteiger partial charge in [0.15, 0.2) is 0 Å². The first-order chi connectivity index (χ1) is 11.7. The minimum atomic E-state index is -0.0351. The summed E-state index contributed by atoms with van der Waals surface area (Å²) in [4.78, 5) is 23.0. The summed E-state index contributed by atoms with van der Waals surface area (Å²) in [6.07, 6.45) is 6.60. The van der Waals surface area contributed by atoms with Gasteiger partial charge in [0.1, 0.15) is 11.9 Å². The van der Waals surface area contributed by atoms with Gasteiger partial charge in [-0.1, -0.05) is 0 Å². The Bertz CT molecular complexity index is 766. The van der Waals surface area contributed by atoms with Gasteiger partial charge in [0.05, 0.1) is 11.8 Å². The van der Waals surface area contributed by atoms with E-state index in [4.69, 9.17) is 5.26 Å². The average Bonchev–Trinajstić information content (AvgIpc) is 2.64. The maximum absolute atomic E-state index is 12.4. The molecule has 24 heavy (non-hydrogen) atoms. The molecule has 6 nitrogen and oxygen atoms in total. The van der Waals surface area contributed by atoms with Gasteiger partial charge in [-0.2, -0.15) is 5.26 Å². The zero-order chi connectivity index (χ0) is 16.9. The van der Waals surface area contributed by atoms with Crippen LogP contribution in [0.25, 0.3) is 0 Å². The fourth-order valence-electron chi connectivity index (χ4n) is 2.76. The SMILES string of the molecule is N#Cc1cc(NC(=O)C2CCN(c3cnccn3)CC2)ccc1Br. The lowest BCUT2D eigenvalue weighted by Crippen LogP contribution is -2.38. The molecule has 0 saturated carbocycles. The Balaban J connectivity index is 1.59. The third kappa shape index (κ3) is 3.71. The van der Waals surface area contributed by atoms with Crippen LogP contribution in [0.1, 0.15) is 18.4 Å². The van der Waals surface area contributed by atoms with E-state index in [1.165, 1.54) is 0 Å². The predicted molar refractivity (Wildman–Crippen MR) is 94.5 cm³/mol. The second-order valence-corrected chi connectivity index (χ2v) is 6.47. The Hall–Kier alpha value is -2.46. The normalized spacial score (nSPS) is 14.9. The van der Waals surface area contributed by atoms with Gasteiger partial charge in [-0.05, 0) is 47.0 Å². The third-order valence-corrected chi connectivity index (χ3v) is 4.79. The Kier molecular flexibility index (Phi) is 5.06. The van der Waals surface area contributed by atoms with Crippen molar-refractivity contribution in [3.8, 4) is 6.07 Å². The Morgan fingerprint density at radius 3 is 2.79 bits per heavy atom. The van der Waals surface area contributed by atoms with E-state index >= 15 is 0 Å². The first kappa shape index (κ1) is 16.4. The first-order valence-electron chi connectivity index (χ1n) is 7.69. The minimum absolute atomic E-state index is 0.00000751. The van der Waals surface area contributed by atoms with Gasteiger partial charge < -0.3 is 10.2 Å². The Morgan fingerprint density at radius 1 is 1.33 bits per heavy atom. The van der Waals surface area contributed by atoms with Crippen molar-refractivity contribution in [2.24, 2.45) is 5.92 Å². The maximum atomic E-state index is 12.4. The zero-order valence-electron chi connectivity index (χ0n) is 12.9. The molecular formula is C17H16BrN5O. The number of hydrogen-bond acceptors (Lipinski definition) is 5. The summed E-state index contributed by atoms with van der Waals surface area (Å²) in [6, 6.07) is 7.33. The number of carbonyl (C=O) groups is 1. The molecule has 0 aliphatic carbocycles. The van der Waals surface area contributed by atoms with Gasteiger partial charge >= 0.3 is 0 Å². The van der Waals surface area contributed by atoms with Gasteiger partial charge in [0, 0.05) is 41.6 Å². The molecule has 1 aromatic carbocycles. The molecule has 0 unspecified atom stereocenters. The van der Waals surface area contributed by atoms with E-state index in [0.717, 1.165) is 36.2 Å². The highest BCUT2D eigenvalue weighted by Gasteiger charge is 2.25. The van der Waals surface area contributed by atoms with Crippen molar-refractivity contribution < 1.29 is 4.79 Å². The molecular weight excluding hydrogens is 370 g/mol. The Labute approximate surface area is 148 Å². The summed E-state index contributed by atoms with van der Waals surface area (Å²) >= 11 is 3.31. The standard InChI is InChI=1S/C17H16BrN5O/c18-15-2-1-14(9-13(15)10-19)22-17(24)12-3-7-23(8-4-12)16-11-20-5-6-21-16/h1-2,5-6,9,11-12H,3-4,7-8H2,(H,22,24). The van der Waals surface area contributed by atoms with Crippen LogP contribution in [0.5, 0.6) is 0 Å². The third-order valence-electron chi connectivity index (χ3n) is 4.09. The van der Waals surface area contributed by atoms with Gasteiger partial charge in [0.2, 0.25) is 5.91 Å². The molecule has 1 aliphatic heterocycles. The lowest BCUT2D eigenvalue weighted by Gasteiger charge is -2.31. The van der Waals surface area contributed by atoms with Crippen LogP contribution in [0.2, 0.25) is 0 Å². The second kappa shape index (κ2) is 7.41. The molecule has 1 saturated heterocycles. The van der Waals surface area contributed by atoms with E-state index in [-0.39, 0.29) is 11.8 Å². The number of anilines is 2. The number of rotatable bonds is 3. The molecule has 3 rings (SSSR count). The number of hydrogen-bond donors (Lipinski definition) is 1. The van der Waals surface area contributed by atoms with Crippen molar-refractivity contribution in [1.82, 2.24) is 9.97 Å². The minimum Gasteiger partial charge on any atom is -0.355 e. The average molecular weight is 386 g/mol. The molecule has 122 valence electrons. The summed E-state index contributed by atoms with van der Waals surface area (Å²) in [5, 5.41) is 12.0. The topological polar surface area (TPSA) is 81.9 Å². The molecule has 1 N–H and O–H groups in total. The van der Waals surface area contributed by atoms with Crippen LogP contribution < -0.4 is 10.2 Å². The second-order valence-electron chi connectivity index (χ2n) is 5.62. The number of nitrogens with zero attached hydrogens (tertiary/aromatic N) is 4. The number of nitriles is 1. The van der Waals surface area contributed by atoms with Crippen LogP contribution >= 0.6 is 15.9 Å². The molecule has 1 fully saturated rings. The predicted octanol–water partition coefficient (Wildman–Crippen LogP) is 2.97. The molecule has 0 radical (unpaired) electrons. The smallest absolute Gasteiger partial charge is 0.227 e. The highest BCUT2D eigenvalue weighted by atomic mass is 79.9. The monoisotopic (exact) mass is 385 g/mol. The largest absolute Gasteiger partial charge is 0.355 e.